The summed E-state index contributed by atoms with van der Waals surface area (Å²) in [7, 11) is -7.33. The van der Waals surface area contributed by atoms with Crippen molar-refractivity contribution in [1.29, 1.82) is 0 Å². The van der Waals surface area contributed by atoms with E-state index in [1.165, 1.54) is 0 Å². The van der Waals surface area contributed by atoms with Crippen LogP contribution in [0.5, 0.6) is 0 Å². The first-order valence-corrected chi connectivity index (χ1v) is 22.0. The minimum Gasteiger partial charge on any atom is -0.416 e. The Kier molecular flexibility index (Phi) is 10.3. The average Bonchev–Trinajstić information content (AvgIpc) is 3.29. The maximum absolute atomic E-state index is 13.5. The number of benzene rings is 2. The summed E-state index contributed by atoms with van der Waals surface area (Å²) in [6.45, 7) is 26.4. The molecule has 0 N–H and O–H groups in total. The summed E-state index contributed by atoms with van der Waals surface area (Å²) in [4.78, 5) is 0.328. The Bertz CT molecular complexity index is 1390. The molecule has 41 heavy (non-hydrogen) atoms. The van der Waals surface area contributed by atoms with Gasteiger partial charge in [0.1, 0.15) is 0 Å². The molecule has 1 aliphatic rings. The molecule has 0 radical (unpaired) electrons. The van der Waals surface area contributed by atoms with Gasteiger partial charge in [0.05, 0.1) is 4.90 Å². The number of nitrogens with zero attached hydrogens (tertiary/aromatic N) is 1. The second-order valence-corrected chi connectivity index (χ2v) is 25.9. The zero-order valence-corrected chi connectivity index (χ0v) is 30.0. The zero-order chi connectivity index (χ0) is 30.9. The first-order valence-electron chi connectivity index (χ1n) is 14.7. The van der Waals surface area contributed by atoms with E-state index in [0.29, 0.717) is 37.6 Å². The Labute approximate surface area is 252 Å². The van der Waals surface area contributed by atoms with Crippen LogP contribution in [0.3, 0.4) is 0 Å². The van der Waals surface area contributed by atoms with E-state index < -0.39 is 26.7 Å². The quantitative estimate of drug-likeness (QED) is 0.163. The van der Waals surface area contributed by atoms with Crippen LogP contribution < -0.4 is 0 Å². The molecule has 5 nitrogen and oxygen atoms in total. The fraction of sp³-hybridized carbons (Fsp3) is 0.576. The van der Waals surface area contributed by atoms with Crippen molar-refractivity contribution in [2.75, 3.05) is 13.2 Å². The van der Waals surface area contributed by atoms with E-state index in [1.807, 2.05) is 19.1 Å². The predicted octanol–water partition coefficient (Wildman–Crippen LogP) is 8.03. The molecule has 2 aromatic rings. The first-order chi connectivity index (χ1) is 18.8. The van der Waals surface area contributed by atoms with Crippen LogP contribution in [-0.4, -0.2) is 42.6 Å². The third-order valence-electron chi connectivity index (χ3n) is 9.19. The van der Waals surface area contributed by atoms with Gasteiger partial charge in [-0.05, 0) is 78.4 Å². The number of hydrogen-bond donors (Lipinski definition) is 0. The Morgan fingerprint density at radius 2 is 1.39 bits per heavy atom. The minimum absolute atomic E-state index is 0.141. The monoisotopic (exact) mass is 613 g/mol. The summed E-state index contributed by atoms with van der Waals surface area (Å²) < 4.78 is 41.5. The van der Waals surface area contributed by atoms with Gasteiger partial charge in [0.2, 0.25) is 10.0 Å². The highest BCUT2D eigenvalue weighted by Gasteiger charge is 2.38. The van der Waals surface area contributed by atoms with Gasteiger partial charge in [0.15, 0.2) is 16.6 Å². The lowest BCUT2D eigenvalue weighted by atomic mass is 9.96. The molecule has 3 rings (SSSR count). The lowest BCUT2D eigenvalue weighted by molar-refractivity contribution is 0.292. The average molecular weight is 614 g/mol. The van der Waals surface area contributed by atoms with Gasteiger partial charge in [-0.25, -0.2) is 8.42 Å². The third kappa shape index (κ3) is 8.01. The number of sulfonamides is 1. The summed E-state index contributed by atoms with van der Waals surface area (Å²) in [5.74, 6) is 6.82. The van der Waals surface area contributed by atoms with E-state index in [0.717, 1.165) is 34.2 Å². The predicted molar refractivity (Wildman–Crippen MR) is 176 cm³/mol. The molecular weight excluding hydrogens is 563 g/mol. The molecule has 0 spiro atoms. The summed E-state index contributed by atoms with van der Waals surface area (Å²) in [6.07, 6.45) is 1.39. The van der Waals surface area contributed by atoms with Crippen LogP contribution in [0.4, 0.5) is 0 Å². The molecule has 0 bridgehead atoms. The molecule has 0 fully saturated rings. The zero-order valence-electron chi connectivity index (χ0n) is 27.2. The highest BCUT2D eigenvalue weighted by Crippen LogP contribution is 2.38. The van der Waals surface area contributed by atoms with Crippen molar-refractivity contribution < 1.29 is 17.3 Å². The molecule has 226 valence electrons. The topological polar surface area (TPSA) is 55.8 Å². The molecule has 0 aromatic heterocycles. The van der Waals surface area contributed by atoms with Crippen LogP contribution in [0.1, 0.15) is 75.8 Å². The molecule has 0 saturated heterocycles. The molecule has 0 aliphatic carbocycles. The van der Waals surface area contributed by atoms with Crippen molar-refractivity contribution in [3.05, 3.63) is 64.2 Å². The van der Waals surface area contributed by atoms with E-state index in [9.17, 15) is 8.42 Å². The van der Waals surface area contributed by atoms with Gasteiger partial charge in [0, 0.05) is 38.3 Å². The molecule has 1 aliphatic heterocycles. The maximum atomic E-state index is 13.5. The fourth-order valence-corrected chi connectivity index (χ4v) is 7.72. The smallest absolute Gasteiger partial charge is 0.243 e. The van der Waals surface area contributed by atoms with Crippen LogP contribution in [0.2, 0.25) is 36.3 Å². The van der Waals surface area contributed by atoms with Crippen molar-refractivity contribution in [1.82, 2.24) is 4.31 Å². The second kappa shape index (κ2) is 12.5. The minimum atomic E-state index is -3.61. The maximum Gasteiger partial charge on any atom is 0.243 e. The van der Waals surface area contributed by atoms with Crippen molar-refractivity contribution >= 4 is 26.7 Å². The van der Waals surface area contributed by atoms with Crippen LogP contribution in [-0.2, 0) is 38.4 Å². The molecule has 1 heterocycles. The molecule has 0 atom stereocenters. The Balaban J connectivity index is 1.87. The van der Waals surface area contributed by atoms with Crippen LogP contribution in [0, 0.1) is 18.8 Å². The molecular formula is C33H51NO4SSi2. The molecule has 0 amide bonds. The van der Waals surface area contributed by atoms with Gasteiger partial charge in [0.25, 0.3) is 0 Å². The van der Waals surface area contributed by atoms with Gasteiger partial charge in [-0.15, -0.1) is 0 Å². The second-order valence-electron chi connectivity index (χ2n) is 14.3. The number of fused-ring (bicyclic) bond motifs is 1. The normalized spacial score (nSPS) is 15.0. The van der Waals surface area contributed by atoms with Gasteiger partial charge >= 0.3 is 0 Å². The largest absolute Gasteiger partial charge is 0.416 e. The highest BCUT2D eigenvalue weighted by atomic mass is 32.2. The molecule has 0 saturated carbocycles. The van der Waals surface area contributed by atoms with Crippen LogP contribution in [0.25, 0.3) is 0 Å². The summed E-state index contributed by atoms with van der Waals surface area (Å²) >= 11 is 0. The lowest BCUT2D eigenvalue weighted by Gasteiger charge is -2.36. The standard InChI is InChI=1S/C33H51NO4SSi2/c1-26-15-19-29(20-16-26)39(35,36)34-24-28-18-17-27(21-23-38-41(10,11)33(5,6)7)30(31(28)25-34)14-12-13-22-37-40(8,9)32(2,3)4/h15-20H,13,21-25H2,1-11H3. The van der Waals surface area contributed by atoms with E-state index in [2.05, 4.69) is 91.7 Å². The molecule has 0 unspecified atom stereocenters. The van der Waals surface area contributed by atoms with Crippen molar-refractivity contribution in [3.8, 4) is 11.8 Å². The van der Waals surface area contributed by atoms with E-state index >= 15 is 0 Å². The fourth-order valence-electron chi connectivity index (χ4n) is 4.24. The van der Waals surface area contributed by atoms with Crippen molar-refractivity contribution in [3.63, 3.8) is 0 Å². The van der Waals surface area contributed by atoms with Crippen molar-refractivity contribution in [2.24, 2.45) is 0 Å². The highest BCUT2D eigenvalue weighted by molar-refractivity contribution is 7.89. The van der Waals surface area contributed by atoms with Gasteiger partial charge in [-0.3, -0.25) is 0 Å². The van der Waals surface area contributed by atoms with Gasteiger partial charge < -0.3 is 8.85 Å². The first kappa shape index (κ1) is 33.8. The number of hydrogen-bond acceptors (Lipinski definition) is 4. The van der Waals surface area contributed by atoms with E-state index in [1.54, 1.807) is 16.4 Å². The Morgan fingerprint density at radius 3 is 1.95 bits per heavy atom. The van der Waals surface area contributed by atoms with E-state index in [-0.39, 0.29) is 10.1 Å². The number of aryl methyl sites for hydroxylation is 1. The third-order valence-corrected chi connectivity index (χ3v) is 20.1. The van der Waals surface area contributed by atoms with Gasteiger partial charge in [-0.2, -0.15) is 4.31 Å². The van der Waals surface area contributed by atoms with Gasteiger partial charge in [-0.1, -0.05) is 83.2 Å². The van der Waals surface area contributed by atoms with Crippen LogP contribution in [0.15, 0.2) is 41.3 Å². The van der Waals surface area contributed by atoms with E-state index in [4.69, 9.17) is 8.85 Å². The lowest BCUT2D eigenvalue weighted by Crippen LogP contribution is -2.41. The molecule has 2 aromatic carbocycles. The Morgan fingerprint density at radius 1 is 0.829 bits per heavy atom. The summed E-state index contributed by atoms with van der Waals surface area (Å²) in [5, 5.41) is 0.299. The summed E-state index contributed by atoms with van der Waals surface area (Å²) in [5.41, 5.74) is 5.15. The van der Waals surface area contributed by atoms with Crippen molar-refractivity contribution in [2.45, 2.75) is 116 Å². The molecule has 8 heteroatoms. The summed E-state index contributed by atoms with van der Waals surface area (Å²) in [6, 6.07) is 11.3. The Hall–Kier alpha value is -1.74. The van der Waals surface area contributed by atoms with Crippen LogP contribution >= 0.6 is 0 Å². The number of rotatable bonds is 9. The SMILES string of the molecule is Cc1ccc(S(=O)(=O)N2Cc3ccc(CCO[Si](C)(C)C(C)(C)C)c(C#CCCO[Si](C)(C)C(C)(C)C)c3C2)cc1.